The molecule has 3 nitrogen and oxygen atoms in total. The van der Waals surface area contributed by atoms with Gasteiger partial charge in [-0.3, -0.25) is 4.90 Å². The molecule has 1 N–H and O–H groups in total. The van der Waals surface area contributed by atoms with Crippen LogP contribution in [0.2, 0.25) is 0 Å². The van der Waals surface area contributed by atoms with Crippen molar-refractivity contribution in [2.75, 3.05) is 39.4 Å². The predicted molar refractivity (Wildman–Crippen MR) is 78.2 cm³/mol. The van der Waals surface area contributed by atoms with Gasteiger partial charge in [-0.1, -0.05) is 12.2 Å². The van der Waals surface area contributed by atoms with Crippen molar-refractivity contribution in [1.82, 2.24) is 10.2 Å². The lowest BCUT2D eigenvalue weighted by atomic mass is 9.87. The summed E-state index contributed by atoms with van der Waals surface area (Å²) in [6.45, 7) is 8.84. The van der Waals surface area contributed by atoms with Crippen molar-refractivity contribution in [1.29, 1.82) is 0 Å². The van der Waals surface area contributed by atoms with Crippen LogP contribution in [0.25, 0.3) is 0 Å². The van der Waals surface area contributed by atoms with Gasteiger partial charge in [0.1, 0.15) is 0 Å². The molecule has 0 aromatic rings. The van der Waals surface area contributed by atoms with Gasteiger partial charge in [0, 0.05) is 19.1 Å². The maximum Gasteiger partial charge on any atom is 0.0594 e. The molecule has 1 aliphatic heterocycles. The van der Waals surface area contributed by atoms with Gasteiger partial charge in [-0.05, 0) is 57.0 Å². The highest BCUT2D eigenvalue weighted by Gasteiger charge is 2.38. The normalized spacial score (nSPS) is 35.9. The Morgan fingerprint density at radius 2 is 2.11 bits per heavy atom. The van der Waals surface area contributed by atoms with Crippen LogP contribution >= 0.6 is 0 Å². The van der Waals surface area contributed by atoms with Crippen molar-refractivity contribution >= 4 is 0 Å². The van der Waals surface area contributed by atoms with Gasteiger partial charge in [0.15, 0.2) is 0 Å². The Morgan fingerprint density at radius 3 is 2.79 bits per heavy atom. The third-order valence-electron chi connectivity index (χ3n) is 5.19. The van der Waals surface area contributed by atoms with Crippen LogP contribution in [0.4, 0.5) is 0 Å². The Kier molecular flexibility index (Phi) is 4.57. The zero-order valence-electron chi connectivity index (χ0n) is 12.2. The first kappa shape index (κ1) is 13.6. The van der Waals surface area contributed by atoms with E-state index in [4.69, 9.17) is 4.74 Å². The van der Waals surface area contributed by atoms with Crippen molar-refractivity contribution in [3.63, 3.8) is 0 Å². The maximum atomic E-state index is 5.38. The quantitative estimate of drug-likeness (QED) is 0.586. The molecule has 1 saturated carbocycles. The molecule has 2 bridgehead atoms. The minimum atomic E-state index is 0.685. The van der Waals surface area contributed by atoms with E-state index in [9.17, 15) is 0 Å². The number of fused-ring (bicyclic) bond motifs is 2. The number of hydrogen-bond acceptors (Lipinski definition) is 3. The third kappa shape index (κ3) is 3.39. The molecular formula is C16H28N2O. The summed E-state index contributed by atoms with van der Waals surface area (Å²) in [6.07, 6.45) is 9.00. The number of nitrogens with zero attached hydrogens (tertiary/aromatic N) is 1. The number of hydrogen-bond donors (Lipinski definition) is 1. The molecule has 3 heteroatoms. The van der Waals surface area contributed by atoms with Crippen LogP contribution in [-0.4, -0.2) is 50.3 Å². The van der Waals surface area contributed by atoms with Gasteiger partial charge >= 0.3 is 0 Å². The smallest absolute Gasteiger partial charge is 0.0594 e. The number of allylic oxidation sites excluding steroid dienone is 2. The highest BCUT2D eigenvalue weighted by molar-refractivity contribution is 5.11. The average Bonchev–Trinajstić information content (AvgIpc) is 3.07. The molecule has 19 heavy (non-hydrogen) atoms. The van der Waals surface area contributed by atoms with Crippen molar-refractivity contribution in [3.05, 3.63) is 12.2 Å². The highest BCUT2D eigenvalue weighted by Crippen LogP contribution is 2.44. The van der Waals surface area contributed by atoms with Crippen molar-refractivity contribution in [3.8, 4) is 0 Å². The summed E-state index contributed by atoms with van der Waals surface area (Å²) in [7, 11) is 0. The largest absolute Gasteiger partial charge is 0.379 e. The lowest BCUT2D eigenvalue weighted by Gasteiger charge is -2.28. The fourth-order valence-electron chi connectivity index (χ4n) is 4.01. The molecule has 4 atom stereocenters. The SMILES string of the molecule is CC(NCCCN1CCOCC1)C1CC2C=CC1C2. The molecule has 0 aromatic carbocycles. The van der Waals surface area contributed by atoms with Crippen LogP contribution in [0.3, 0.4) is 0 Å². The van der Waals surface area contributed by atoms with E-state index in [0.29, 0.717) is 6.04 Å². The third-order valence-corrected chi connectivity index (χ3v) is 5.19. The van der Waals surface area contributed by atoms with E-state index in [0.717, 1.165) is 50.6 Å². The Balaban J connectivity index is 1.30. The van der Waals surface area contributed by atoms with Gasteiger partial charge in [0.05, 0.1) is 13.2 Å². The van der Waals surface area contributed by atoms with E-state index in [2.05, 4.69) is 29.3 Å². The molecule has 1 saturated heterocycles. The first-order valence-corrected chi connectivity index (χ1v) is 8.05. The molecule has 2 fully saturated rings. The van der Waals surface area contributed by atoms with E-state index in [1.807, 2.05) is 0 Å². The van der Waals surface area contributed by atoms with Gasteiger partial charge in [-0.25, -0.2) is 0 Å². The van der Waals surface area contributed by atoms with E-state index in [-0.39, 0.29) is 0 Å². The second kappa shape index (κ2) is 6.38. The standard InChI is InChI=1S/C16H28N2O/c1-13(16-12-14-3-4-15(16)11-14)17-5-2-6-18-7-9-19-10-8-18/h3-4,13-17H,2,5-12H2,1H3. The fourth-order valence-corrected chi connectivity index (χ4v) is 4.01. The predicted octanol–water partition coefficient (Wildman–Crippen LogP) is 1.90. The topological polar surface area (TPSA) is 24.5 Å². The number of morpholine rings is 1. The van der Waals surface area contributed by atoms with E-state index < -0.39 is 0 Å². The van der Waals surface area contributed by atoms with Crippen molar-refractivity contribution < 1.29 is 4.74 Å². The molecule has 0 radical (unpaired) electrons. The molecule has 0 amide bonds. The van der Waals surface area contributed by atoms with Crippen LogP contribution in [-0.2, 0) is 4.74 Å². The van der Waals surface area contributed by atoms with Gasteiger partial charge < -0.3 is 10.1 Å². The Labute approximate surface area is 117 Å². The molecule has 2 aliphatic carbocycles. The van der Waals surface area contributed by atoms with Crippen LogP contribution in [0.15, 0.2) is 12.2 Å². The molecule has 3 rings (SSSR count). The summed E-state index contributed by atoms with van der Waals surface area (Å²) < 4.78 is 5.38. The fraction of sp³-hybridized carbons (Fsp3) is 0.875. The molecule has 4 unspecified atom stereocenters. The zero-order valence-corrected chi connectivity index (χ0v) is 12.2. The van der Waals surface area contributed by atoms with Crippen LogP contribution < -0.4 is 5.32 Å². The number of ether oxygens (including phenoxy) is 1. The monoisotopic (exact) mass is 264 g/mol. The molecule has 108 valence electrons. The average molecular weight is 264 g/mol. The molecule has 0 spiro atoms. The minimum Gasteiger partial charge on any atom is -0.379 e. The lowest BCUT2D eigenvalue weighted by molar-refractivity contribution is 0.0373. The first-order chi connectivity index (χ1) is 9.33. The van der Waals surface area contributed by atoms with E-state index in [1.165, 1.54) is 25.8 Å². The zero-order chi connectivity index (χ0) is 13.1. The second-order valence-corrected chi connectivity index (χ2v) is 6.49. The summed E-state index contributed by atoms with van der Waals surface area (Å²) in [5.74, 6) is 2.65. The van der Waals surface area contributed by atoms with Crippen LogP contribution in [0.1, 0.15) is 26.2 Å². The summed E-state index contributed by atoms with van der Waals surface area (Å²) in [6, 6.07) is 0.685. The Bertz CT molecular complexity index is 312. The van der Waals surface area contributed by atoms with E-state index >= 15 is 0 Å². The number of nitrogens with one attached hydrogen (secondary N) is 1. The van der Waals surface area contributed by atoms with Crippen molar-refractivity contribution in [2.24, 2.45) is 17.8 Å². The Hall–Kier alpha value is -0.380. The summed E-state index contributed by atoms with van der Waals surface area (Å²) >= 11 is 0. The molecule has 3 aliphatic rings. The van der Waals surface area contributed by atoms with Gasteiger partial charge in [-0.2, -0.15) is 0 Å². The van der Waals surface area contributed by atoms with Crippen LogP contribution in [0, 0.1) is 17.8 Å². The summed E-state index contributed by atoms with van der Waals surface area (Å²) in [5, 5.41) is 3.76. The summed E-state index contributed by atoms with van der Waals surface area (Å²) in [4.78, 5) is 2.52. The van der Waals surface area contributed by atoms with E-state index in [1.54, 1.807) is 0 Å². The second-order valence-electron chi connectivity index (χ2n) is 6.49. The molecular weight excluding hydrogens is 236 g/mol. The lowest BCUT2D eigenvalue weighted by Crippen LogP contribution is -2.40. The first-order valence-electron chi connectivity index (χ1n) is 8.05. The van der Waals surface area contributed by atoms with Crippen LogP contribution in [0.5, 0.6) is 0 Å². The minimum absolute atomic E-state index is 0.685. The molecule has 1 heterocycles. The Morgan fingerprint density at radius 1 is 1.26 bits per heavy atom. The highest BCUT2D eigenvalue weighted by atomic mass is 16.5. The van der Waals surface area contributed by atoms with Crippen molar-refractivity contribution in [2.45, 2.75) is 32.2 Å². The van der Waals surface area contributed by atoms with Gasteiger partial charge in [-0.15, -0.1) is 0 Å². The van der Waals surface area contributed by atoms with Gasteiger partial charge in [0.2, 0.25) is 0 Å². The number of rotatable bonds is 6. The summed E-state index contributed by atoms with van der Waals surface area (Å²) in [5.41, 5.74) is 0. The molecule has 0 aromatic heterocycles. The maximum absolute atomic E-state index is 5.38. The van der Waals surface area contributed by atoms with Gasteiger partial charge in [0.25, 0.3) is 0 Å².